The highest BCUT2D eigenvalue weighted by atomic mass is 35.5. The van der Waals surface area contributed by atoms with E-state index in [9.17, 15) is 9.90 Å². The zero-order valence-corrected chi connectivity index (χ0v) is 20.6. The lowest BCUT2D eigenvalue weighted by molar-refractivity contribution is -0.117. The Hall–Kier alpha value is -3.35. The van der Waals surface area contributed by atoms with E-state index in [0.29, 0.717) is 24.5 Å². The van der Waals surface area contributed by atoms with Gasteiger partial charge in [-0.25, -0.2) is 4.98 Å². The van der Waals surface area contributed by atoms with Gasteiger partial charge in [-0.1, -0.05) is 29.8 Å². The number of aliphatic hydroxyl groups is 1. The van der Waals surface area contributed by atoms with Gasteiger partial charge in [0, 0.05) is 29.6 Å². The maximum Gasteiger partial charge on any atom is 0.227 e. The maximum atomic E-state index is 12.9. The molecule has 0 bridgehead atoms. The molecule has 7 heteroatoms. The van der Waals surface area contributed by atoms with Gasteiger partial charge >= 0.3 is 0 Å². The first kappa shape index (κ1) is 23.4. The van der Waals surface area contributed by atoms with Crippen LogP contribution >= 0.6 is 11.6 Å². The molecular formula is C28H28ClN3O3. The molecule has 1 N–H and O–H groups in total. The summed E-state index contributed by atoms with van der Waals surface area (Å²) in [6.07, 6.45) is -0.377. The predicted octanol–water partition coefficient (Wildman–Crippen LogP) is 5.27. The highest BCUT2D eigenvalue weighted by Crippen LogP contribution is 2.33. The van der Waals surface area contributed by atoms with Gasteiger partial charge in [0.05, 0.1) is 17.6 Å². The average molecular weight is 490 g/mol. The van der Waals surface area contributed by atoms with Crippen LogP contribution in [0.2, 0.25) is 5.02 Å². The van der Waals surface area contributed by atoms with Crippen molar-refractivity contribution in [2.45, 2.75) is 38.8 Å². The lowest BCUT2D eigenvalue weighted by Gasteiger charge is -2.19. The molecule has 1 saturated heterocycles. The Balaban J connectivity index is 1.37. The Kier molecular flexibility index (Phi) is 6.50. The van der Waals surface area contributed by atoms with Crippen molar-refractivity contribution in [3.63, 3.8) is 0 Å². The summed E-state index contributed by atoms with van der Waals surface area (Å²) >= 11 is 6.02. The number of fused-ring (bicyclic) bond motifs is 1. The van der Waals surface area contributed by atoms with Gasteiger partial charge in [-0.2, -0.15) is 0 Å². The summed E-state index contributed by atoms with van der Waals surface area (Å²) in [6.45, 7) is 5.06. The van der Waals surface area contributed by atoms with E-state index >= 15 is 0 Å². The van der Waals surface area contributed by atoms with Gasteiger partial charge in [0.25, 0.3) is 0 Å². The van der Waals surface area contributed by atoms with Crippen molar-refractivity contribution < 1.29 is 14.6 Å². The molecule has 180 valence electrons. The molecule has 1 aliphatic heterocycles. The molecule has 5 rings (SSSR count). The Bertz CT molecular complexity index is 1350. The van der Waals surface area contributed by atoms with Crippen LogP contribution in [-0.2, 0) is 11.3 Å². The third-order valence-electron chi connectivity index (χ3n) is 6.34. The van der Waals surface area contributed by atoms with Gasteiger partial charge in [-0.05, 0) is 73.5 Å². The summed E-state index contributed by atoms with van der Waals surface area (Å²) in [6, 6.07) is 21.2. The number of halogens is 1. The number of benzene rings is 3. The number of carbonyl (C=O) groups excluding carboxylic acids is 1. The van der Waals surface area contributed by atoms with E-state index in [1.54, 1.807) is 17.0 Å². The highest BCUT2D eigenvalue weighted by molar-refractivity contribution is 6.30. The van der Waals surface area contributed by atoms with Crippen LogP contribution in [0.25, 0.3) is 11.0 Å². The minimum Gasteiger partial charge on any atom is -0.491 e. The molecule has 1 aromatic heterocycles. The molecule has 2 heterocycles. The normalized spacial score (nSPS) is 16.7. The van der Waals surface area contributed by atoms with Crippen molar-refractivity contribution in [3.05, 3.63) is 88.7 Å². The number of aromatic nitrogens is 2. The fourth-order valence-electron chi connectivity index (χ4n) is 4.82. The number of nitrogens with zero attached hydrogens (tertiary/aromatic N) is 3. The van der Waals surface area contributed by atoms with Gasteiger partial charge in [0.1, 0.15) is 24.3 Å². The van der Waals surface area contributed by atoms with Crippen LogP contribution in [0.15, 0.2) is 66.7 Å². The molecule has 1 fully saturated rings. The van der Waals surface area contributed by atoms with Crippen molar-refractivity contribution in [1.29, 1.82) is 0 Å². The van der Waals surface area contributed by atoms with Gasteiger partial charge in [-0.3, -0.25) is 4.79 Å². The zero-order chi connectivity index (χ0) is 24.5. The SMILES string of the molecule is Cc1cc(C)cc(OC[C@H](O)Cn2c([C@@H]3CC(=O)N(c4ccc(Cl)cc4)C3)nc3ccccc32)c1. The first-order valence-corrected chi connectivity index (χ1v) is 12.2. The van der Waals surface area contributed by atoms with Crippen LogP contribution in [0, 0.1) is 13.8 Å². The van der Waals surface area contributed by atoms with Crippen molar-refractivity contribution in [2.75, 3.05) is 18.1 Å². The Morgan fingerprint density at radius 2 is 1.80 bits per heavy atom. The number of carbonyl (C=O) groups is 1. The van der Waals surface area contributed by atoms with E-state index in [2.05, 4.69) is 6.07 Å². The number of imidazole rings is 1. The second kappa shape index (κ2) is 9.72. The summed E-state index contributed by atoms with van der Waals surface area (Å²) in [5.74, 6) is 1.52. The maximum absolute atomic E-state index is 12.9. The number of para-hydroxylation sites is 2. The molecule has 35 heavy (non-hydrogen) atoms. The largest absolute Gasteiger partial charge is 0.491 e. The van der Waals surface area contributed by atoms with Crippen molar-refractivity contribution in [2.24, 2.45) is 0 Å². The molecule has 1 amide bonds. The number of amides is 1. The van der Waals surface area contributed by atoms with E-state index in [1.165, 1.54) is 0 Å². The van der Waals surface area contributed by atoms with E-state index in [-0.39, 0.29) is 18.4 Å². The smallest absolute Gasteiger partial charge is 0.227 e. The molecule has 0 radical (unpaired) electrons. The van der Waals surface area contributed by atoms with Gasteiger partial charge in [-0.15, -0.1) is 0 Å². The number of aliphatic hydroxyl groups excluding tert-OH is 1. The van der Waals surface area contributed by atoms with Crippen LogP contribution in [-0.4, -0.2) is 39.8 Å². The Morgan fingerprint density at radius 3 is 2.54 bits per heavy atom. The monoisotopic (exact) mass is 489 g/mol. The van der Waals surface area contributed by atoms with Crippen LogP contribution in [0.4, 0.5) is 5.69 Å². The van der Waals surface area contributed by atoms with Crippen LogP contribution < -0.4 is 9.64 Å². The highest BCUT2D eigenvalue weighted by Gasteiger charge is 2.35. The van der Waals surface area contributed by atoms with E-state index in [4.69, 9.17) is 21.3 Å². The quantitative estimate of drug-likeness (QED) is 0.384. The van der Waals surface area contributed by atoms with Crippen LogP contribution in [0.1, 0.15) is 29.3 Å². The molecule has 0 saturated carbocycles. The molecule has 0 aliphatic carbocycles. The number of hydrogen-bond donors (Lipinski definition) is 1. The number of anilines is 1. The second-order valence-corrected chi connectivity index (χ2v) is 9.68. The van der Waals surface area contributed by atoms with Gasteiger partial charge in [0.2, 0.25) is 5.91 Å². The summed E-state index contributed by atoms with van der Waals surface area (Å²) in [4.78, 5) is 19.6. The van der Waals surface area contributed by atoms with Gasteiger partial charge < -0.3 is 19.3 Å². The minimum atomic E-state index is -0.739. The van der Waals surface area contributed by atoms with Crippen molar-refractivity contribution in [1.82, 2.24) is 9.55 Å². The first-order chi connectivity index (χ1) is 16.9. The molecule has 1 aliphatic rings. The van der Waals surface area contributed by atoms with E-state index in [0.717, 1.165) is 39.4 Å². The lowest BCUT2D eigenvalue weighted by Crippen LogP contribution is -2.26. The average Bonchev–Trinajstić information content (AvgIpc) is 3.38. The number of rotatable bonds is 7. The third-order valence-corrected chi connectivity index (χ3v) is 6.60. The molecule has 6 nitrogen and oxygen atoms in total. The summed E-state index contributed by atoms with van der Waals surface area (Å²) in [5, 5.41) is 11.5. The molecule has 0 unspecified atom stereocenters. The lowest BCUT2D eigenvalue weighted by atomic mass is 10.1. The predicted molar refractivity (Wildman–Crippen MR) is 138 cm³/mol. The Morgan fingerprint density at radius 1 is 1.09 bits per heavy atom. The number of hydrogen-bond acceptors (Lipinski definition) is 4. The van der Waals surface area contributed by atoms with E-state index in [1.807, 2.05) is 66.9 Å². The summed E-state index contributed by atoms with van der Waals surface area (Å²) in [5.41, 5.74) is 4.85. The Labute approximate surface area is 209 Å². The van der Waals surface area contributed by atoms with Crippen molar-refractivity contribution in [3.8, 4) is 5.75 Å². The fraction of sp³-hybridized carbons (Fsp3) is 0.286. The number of ether oxygens (including phenoxy) is 1. The summed E-state index contributed by atoms with van der Waals surface area (Å²) < 4.78 is 7.94. The number of aryl methyl sites for hydroxylation is 2. The van der Waals surface area contributed by atoms with Crippen LogP contribution in [0.5, 0.6) is 5.75 Å². The standard InChI is InChI=1S/C28H28ClN3O3/c1-18-11-19(2)13-24(12-18)35-17-23(33)16-32-26-6-4-3-5-25(26)30-28(32)20-14-27(34)31(15-20)22-9-7-21(29)8-10-22/h3-13,20,23,33H,14-17H2,1-2H3/t20-,23-/m1/s1. The van der Waals surface area contributed by atoms with Crippen molar-refractivity contribution >= 4 is 34.2 Å². The topological polar surface area (TPSA) is 67.6 Å². The molecule has 4 aromatic rings. The zero-order valence-electron chi connectivity index (χ0n) is 19.8. The second-order valence-electron chi connectivity index (χ2n) is 9.24. The molecule has 2 atom stereocenters. The molecular weight excluding hydrogens is 462 g/mol. The van der Waals surface area contributed by atoms with Gasteiger partial charge in [0.15, 0.2) is 0 Å². The fourth-order valence-corrected chi connectivity index (χ4v) is 4.95. The van der Waals surface area contributed by atoms with Crippen LogP contribution in [0.3, 0.4) is 0 Å². The molecule has 3 aromatic carbocycles. The minimum absolute atomic E-state index is 0.0506. The molecule has 0 spiro atoms. The summed E-state index contributed by atoms with van der Waals surface area (Å²) in [7, 11) is 0. The third kappa shape index (κ3) is 5.04. The first-order valence-electron chi connectivity index (χ1n) is 11.8. The van der Waals surface area contributed by atoms with E-state index < -0.39 is 6.10 Å².